The summed E-state index contributed by atoms with van der Waals surface area (Å²) < 4.78 is 14.2. The van der Waals surface area contributed by atoms with E-state index >= 15 is 0 Å². The standard InChI is InChI=1S/C13H9BrClFN2O/c14-7-4-5-11(9(16)6-7)18-13(19)8-2-1-3-10(17)12(8)15/h1-6H,17H2,(H,18,19). The molecule has 19 heavy (non-hydrogen) atoms. The Balaban J connectivity index is 2.28. The second-order valence-corrected chi connectivity index (χ2v) is 5.08. The number of anilines is 2. The van der Waals surface area contributed by atoms with Gasteiger partial charge in [0, 0.05) is 4.47 Å². The lowest BCUT2D eigenvalue weighted by atomic mass is 10.2. The maximum Gasteiger partial charge on any atom is 0.257 e. The number of benzene rings is 2. The Labute approximate surface area is 122 Å². The summed E-state index contributed by atoms with van der Waals surface area (Å²) in [7, 11) is 0. The molecule has 0 saturated heterocycles. The SMILES string of the molecule is Nc1cccc(C(=O)Nc2ccc(Br)cc2F)c1Cl. The van der Waals surface area contributed by atoms with Gasteiger partial charge in [0.2, 0.25) is 0 Å². The van der Waals surface area contributed by atoms with Gasteiger partial charge < -0.3 is 11.1 Å². The van der Waals surface area contributed by atoms with Gasteiger partial charge in [0.25, 0.3) is 5.91 Å². The van der Waals surface area contributed by atoms with Gasteiger partial charge >= 0.3 is 0 Å². The highest BCUT2D eigenvalue weighted by Crippen LogP contribution is 2.25. The molecule has 1 amide bonds. The molecule has 0 spiro atoms. The zero-order valence-electron chi connectivity index (χ0n) is 9.58. The number of nitrogens with two attached hydrogens (primary N) is 1. The molecule has 98 valence electrons. The number of halogens is 3. The molecule has 0 fully saturated rings. The smallest absolute Gasteiger partial charge is 0.257 e. The first kappa shape index (κ1) is 13.8. The highest BCUT2D eigenvalue weighted by molar-refractivity contribution is 9.10. The van der Waals surface area contributed by atoms with E-state index in [1.54, 1.807) is 18.2 Å². The molecule has 2 rings (SSSR count). The van der Waals surface area contributed by atoms with E-state index in [4.69, 9.17) is 17.3 Å². The Morgan fingerprint density at radius 2 is 2.05 bits per heavy atom. The average Bonchev–Trinajstić information content (AvgIpc) is 2.36. The third kappa shape index (κ3) is 3.05. The Morgan fingerprint density at radius 3 is 2.74 bits per heavy atom. The summed E-state index contributed by atoms with van der Waals surface area (Å²) >= 11 is 9.07. The molecule has 0 aliphatic rings. The molecule has 0 saturated carbocycles. The van der Waals surface area contributed by atoms with E-state index in [2.05, 4.69) is 21.2 Å². The van der Waals surface area contributed by atoms with E-state index in [0.717, 1.165) is 0 Å². The van der Waals surface area contributed by atoms with E-state index in [0.29, 0.717) is 10.2 Å². The van der Waals surface area contributed by atoms with Crippen molar-refractivity contribution in [2.24, 2.45) is 0 Å². The molecular weight excluding hydrogens is 335 g/mol. The molecule has 0 unspecified atom stereocenters. The minimum atomic E-state index is -0.539. The van der Waals surface area contributed by atoms with Gasteiger partial charge in [-0.2, -0.15) is 0 Å². The summed E-state index contributed by atoms with van der Waals surface area (Å²) in [6, 6.07) is 9.05. The number of amides is 1. The Kier molecular flexibility index (Phi) is 4.07. The predicted octanol–water partition coefficient (Wildman–Crippen LogP) is 4.08. The molecule has 0 radical (unpaired) electrons. The largest absolute Gasteiger partial charge is 0.398 e. The van der Waals surface area contributed by atoms with Crippen molar-refractivity contribution in [3.05, 3.63) is 57.3 Å². The predicted molar refractivity (Wildman–Crippen MR) is 77.9 cm³/mol. The molecule has 2 aromatic carbocycles. The lowest BCUT2D eigenvalue weighted by Gasteiger charge is -2.09. The normalized spacial score (nSPS) is 10.3. The van der Waals surface area contributed by atoms with E-state index < -0.39 is 11.7 Å². The van der Waals surface area contributed by atoms with Crippen LogP contribution < -0.4 is 11.1 Å². The van der Waals surface area contributed by atoms with E-state index in [1.807, 2.05) is 0 Å². The number of hydrogen-bond donors (Lipinski definition) is 2. The summed E-state index contributed by atoms with van der Waals surface area (Å²) in [5.74, 6) is -1.05. The molecular formula is C13H9BrClFN2O. The van der Waals surface area contributed by atoms with Crippen LogP contribution in [0.25, 0.3) is 0 Å². The zero-order chi connectivity index (χ0) is 14.0. The van der Waals surface area contributed by atoms with Gasteiger partial charge in [-0.3, -0.25) is 4.79 Å². The zero-order valence-corrected chi connectivity index (χ0v) is 11.9. The second kappa shape index (κ2) is 5.59. The first-order valence-electron chi connectivity index (χ1n) is 5.29. The van der Waals surface area contributed by atoms with E-state index in [-0.39, 0.29) is 16.3 Å². The van der Waals surface area contributed by atoms with Crippen molar-refractivity contribution in [2.75, 3.05) is 11.1 Å². The molecule has 3 nitrogen and oxygen atoms in total. The highest BCUT2D eigenvalue weighted by atomic mass is 79.9. The van der Waals surface area contributed by atoms with E-state index in [9.17, 15) is 9.18 Å². The molecule has 0 aromatic heterocycles. The minimum Gasteiger partial charge on any atom is -0.398 e. The quantitative estimate of drug-likeness (QED) is 0.807. The van der Waals surface area contributed by atoms with Gasteiger partial charge in [-0.1, -0.05) is 33.6 Å². The summed E-state index contributed by atoms with van der Waals surface area (Å²) in [5.41, 5.74) is 6.18. The number of nitrogens with one attached hydrogen (secondary N) is 1. The fraction of sp³-hybridized carbons (Fsp3) is 0. The maximum atomic E-state index is 13.6. The van der Waals surface area contributed by atoms with Crippen molar-refractivity contribution in [2.45, 2.75) is 0 Å². The Morgan fingerprint density at radius 1 is 1.32 bits per heavy atom. The van der Waals surface area contributed by atoms with Gasteiger partial charge in [0.05, 0.1) is 22.0 Å². The van der Waals surface area contributed by atoms with Gasteiger partial charge in [-0.05, 0) is 30.3 Å². The van der Waals surface area contributed by atoms with Gasteiger partial charge in [0.1, 0.15) is 5.82 Å². The number of carbonyl (C=O) groups is 1. The van der Waals surface area contributed by atoms with Crippen LogP contribution >= 0.6 is 27.5 Å². The van der Waals surface area contributed by atoms with Gasteiger partial charge in [-0.25, -0.2) is 4.39 Å². The van der Waals surface area contributed by atoms with Crippen LogP contribution in [-0.2, 0) is 0 Å². The van der Waals surface area contributed by atoms with Crippen LogP contribution in [-0.4, -0.2) is 5.91 Å². The lowest BCUT2D eigenvalue weighted by Crippen LogP contribution is -2.14. The topological polar surface area (TPSA) is 55.1 Å². The summed E-state index contributed by atoms with van der Waals surface area (Å²) in [5, 5.41) is 2.60. The van der Waals surface area contributed by atoms with E-state index in [1.165, 1.54) is 18.2 Å². The number of hydrogen-bond acceptors (Lipinski definition) is 2. The van der Waals surface area contributed by atoms with Crippen LogP contribution in [0.4, 0.5) is 15.8 Å². The molecule has 0 aliphatic carbocycles. The number of carbonyl (C=O) groups excluding carboxylic acids is 1. The van der Waals surface area contributed by atoms with Crippen molar-refractivity contribution in [3.8, 4) is 0 Å². The van der Waals surface area contributed by atoms with Crippen LogP contribution in [0.1, 0.15) is 10.4 Å². The van der Waals surface area contributed by atoms with Gasteiger partial charge in [0.15, 0.2) is 0 Å². The van der Waals surface area contributed by atoms with Crippen molar-refractivity contribution in [1.82, 2.24) is 0 Å². The molecule has 0 aliphatic heterocycles. The molecule has 6 heteroatoms. The lowest BCUT2D eigenvalue weighted by molar-refractivity contribution is 0.102. The highest BCUT2D eigenvalue weighted by Gasteiger charge is 2.14. The number of nitrogen functional groups attached to an aromatic ring is 1. The molecule has 0 bridgehead atoms. The van der Waals surface area contributed by atoms with Crippen molar-refractivity contribution >= 4 is 44.8 Å². The Hall–Kier alpha value is -1.59. The third-order valence-corrected chi connectivity index (χ3v) is 3.37. The van der Waals surface area contributed by atoms with Crippen LogP contribution in [0.5, 0.6) is 0 Å². The summed E-state index contributed by atoms with van der Waals surface area (Å²) in [6.07, 6.45) is 0. The maximum absolute atomic E-state index is 13.6. The molecule has 0 atom stereocenters. The minimum absolute atomic E-state index is 0.0756. The van der Waals surface area contributed by atoms with Crippen LogP contribution in [0, 0.1) is 5.82 Å². The summed E-state index contributed by atoms with van der Waals surface area (Å²) in [6.45, 7) is 0. The fourth-order valence-electron chi connectivity index (χ4n) is 1.51. The van der Waals surface area contributed by atoms with Crippen molar-refractivity contribution in [1.29, 1.82) is 0 Å². The van der Waals surface area contributed by atoms with Gasteiger partial charge in [-0.15, -0.1) is 0 Å². The third-order valence-electron chi connectivity index (χ3n) is 2.45. The van der Waals surface area contributed by atoms with Crippen molar-refractivity contribution in [3.63, 3.8) is 0 Å². The molecule has 3 N–H and O–H groups in total. The monoisotopic (exact) mass is 342 g/mol. The fourth-order valence-corrected chi connectivity index (χ4v) is 2.05. The number of rotatable bonds is 2. The molecule has 0 heterocycles. The first-order valence-corrected chi connectivity index (χ1v) is 6.46. The van der Waals surface area contributed by atoms with Crippen LogP contribution in [0.2, 0.25) is 5.02 Å². The van der Waals surface area contributed by atoms with Crippen LogP contribution in [0.3, 0.4) is 0 Å². The Bertz CT molecular complexity index is 649. The average molecular weight is 344 g/mol. The molecule has 2 aromatic rings. The second-order valence-electron chi connectivity index (χ2n) is 3.79. The summed E-state index contributed by atoms with van der Waals surface area (Å²) in [4.78, 5) is 12.0. The van der Waals surface area contributed by atoms with Crippen LogP contribution in [0.15, 0.2) is 40.9 Å². The van der Waals surface area contributed by atoms with Crippen molar-refractivity contribution < 1.29 is 9.18 Å². The first-order chi connectivity index (χ1) is 8.99.